The summed E-state index contributed by atoms with van der Waals surface area (Å²) in [5.74, 6) is 1.09. The van der Waals surface area contributed by atoms with E-state index < -0.39 is 6.30 Å². The van der Waals surface area contributed by atoms with Gasteiger partial charge >= 0.3 is 0 Å². The number of carbonyl (C=O) groups excluding carboxylic acids is 1. The van der Waals surface area contributed by atoms with Crippen LogP contribution in [0.4, 0.5) is 10.1 Å². The van der Waals surface area contributed by atoms with E-state index in [1.807, 2.05) is 30.3 Å². The third-order valence-corrected chi connectivity index (χ3v) is 7.84. The first-order valence-corrected chi connectivity index (χ1v) is 14.6. The average Bonchev–Trinajstić information content (AvgIpc) is 3.36. The Bertz CT molecular complexity index is 1400. The summed E-state index contributed by atoms with van der Waals surface area (Å²) in [5, 5.41) is 12.2. The molecule has 1 heterocycles. The van der Waals surface area contributed by atoms with E-state index in [9.17, 15) is 9.18 Å². The van der Waals surface area contributed by atoms with Crippen LogP contribution in [0, 0.1) is 5.92 Å². The van der Waals surface area contributed by atoms with Crippen LogP contribution in [-0.4, -0.2) is 55.8 Å². The van der Waals surface area contributed by atoms with Gasteiger partial charge in [-0.1, -0.05) is 61.0 Å². The number of nitrogens with one attached hydrogen (secondary N) is 3. The molecular weight excluding hydrogens is 531 g/mol. The predicted molar refractivity (Wildman–Crippen MR) is 165 cm³/mol. The maximum absolute atomic E-state index is 14.6. The topological polar surface area (TPSA) is 85.9 Å². The van der Waals surface area contributed by atoms with Gasteiger partial charge in [0.15, 0.2) is 6.30 Å². The number of hydrogen-bond donors (Lipinski definition) is 4. The Morgan fingerprint density at radius 2 is 1.83 bits per heavy atom. The lowest BCUT2D eigenvalue weighted by atomic mass is 9.73. The van der Waals surface area contributed by atoms with Gasteiger partial charge in [0.1, 0.15) is 12.4 Å². The van der Waals surface area contributed by atoms with Crippen molar-refractivity contribution in [3.05, 3.63) is 107 Å². The number of nitrogens with zero attached hydrogens (tertiary/aromatic N) is 1. The summed E-state index contributed by atoms with van der Waals surface area (Å²) in [6.45, 7) is 1.91. The lowest BCUT2D eigenvalue weighted by Crippen LogP contribution is -2.28. The predicted octanol–water partition coefficient (Wildman–Crippen LogP) is 5.32. The number of hydrogen-bond acceptors (Lipinski definition) is 6. The highest BCUT2D eigenvalue weighted by Crippen LogP contribution is 2.46. The van der Waals surface area contributed by atoms with Gasteiger partial charge in [0.25, 0.3) is 0 Å². The van der Waals surface area contributed by atoms with Crippen molar-refractivity contribution in [3.8, 4) is 5.75 Å². The van der Waals surface area contributed by atoms with E-state index in [1.54, 1.807) is 13.1 Å². The van der Waals surface area contributed by atoms with Crippen LogP contribution in [0.2, 0.25) is 0 Å². The Labute approximate surface area is 247 Å². The molecule has 5 rings (SSSR count). The standard InChI is InChI=1S/C34H39FN4O3/c1-39(20-21-40)31(41)11-6-18-36-19-22-42-28-15-12-26(13-16-28)33(27-14-17-30-29(23-27)34(35)38-37-30)32(25-9-5-10-25)24-7-3-2-4-8-24/h2-4,6-8,11-17,23,25,34,36-38,40H,5,9-10,18-22H2,1H3/b11-6+,33-32-. The zero-order valence-corrected chi connectivity index (χ0v) is 24.0. The Morgan fingerprint density at radius 1 is 1.07 bits per heavy atom. The highest BCUT2D eigenvalue weighted by Gasteiger charge is 2.28. The molecule has 3 aromatic rings. The molecule has 0 aromatic heterocycles. The number of fused-ring (bicyclic) bond motifs is 1. The van der Waals surface area contributed by atoms with Crippen molar-refractivity contribution in [2.45, 2.75) is 25.6 Å². The molecule has 7 nitrogen and oxygen atoms in total. The number of allylic oxidation sites excluding steroid dienone is 1. The van der Waals surface area contributed by atoms with E-state index in [4.69, 9.17) is 9.84 Å². The van der Waals surface area contributed by atoms with Crippen LogP contribution in [0.5, 0.6) is 5.75 Å². The summed E-state index contributed by atoms with van der Waals surface area (Å²) in [4.78, 5) is 13.3. The molecule has 1 fully saturated rings. The van der Waals surface area contributed by atoms with Crippen LogP contribution >= 0.6 is 0 Å². The molecule has 0 bridgehead atoms. The number of aliphatic hydroxyl groups excluding tert-OH is 1. The fourth-order valence-electron chi connectivity index (χ4n) is 5.33. The quantitative estimate of drug-likeness (QED) is 0.0964. The Hall–Kier alpha value is -3.98. The van der Waals surface area contributed by atoms with Gasteiger partial charge in [-0.05, 0) is 70.9 Å². The Balaban J connectivity index is 1.31. The monoisotopic (exact) mass is 570 g/mol. The van der Waals surface area contributed by atoms with Crippen molar-refractivity contribution in [1.29, 1.82) is 0 Å². The summed E-state index contributed by atoms with van der Waals surface area (Å²) < 4.78 is 20.6. The molecular formula is C34H39FN4O3. The van der Waals surface area contributed by atoms with E-state index in [-0.39, 0.29) is 12.5 Å². The van der Waals surface area contributed by atoms with Crippen LogP contribution in [0.15, 0.2) is 84.9 Å². The van der Waals surface area contributed by atoms with Crippen LogP contribution < -0.4 is 20.9 Å². The van der Waals surface area contributed by atoms with Crippen LogP contribution in [0.3, 0.4) is 0 Å². The molecule has 8 heteroatoms. The Kier molecular flexibility index (Phi) is 10.0. The number of alkyl halides is 1. The van der Waals surface area contributed by atoms with E-state index in [1.165, 1.54) is 28.5 Å². The number of benzene rings is 3. The maximum atomic E-state index is 14.6. The van der Waals surface area contributed by atoms with Gasteiger partial charge in [0, 0.05) is 38.3 Å². The van der Waals surface area contributed by atoms with Crippen molar-refractivity contribution in [2.24, 2.45) is 5.92 Å². The highest BCUT2D eigenvalue weighted by molar-refractivity contribution is 6.00. The fraction of sp³-hybridized carbons (Fsp3) is 0.324. The molecule has 42 heavy (non-hydrogen) atoms. The summed E-state index contributed by atoms with van der Waals surface area (Å²) in [6, 6.07) is 24.7. The Morgan fingerprint density at radius 3 is 2.55 bits per heavy atom. The van der Waals surface area contributed by atoms with E-state index in [0.717, 1.165) is 41.0 Å². The van der Waals surface area contributed by atoms with Crippen molar-refractivity contribution in [2.75, 3.05) is 45.3 Å². The third-order valence-electron chi connectivity index (χ3n) is 7.84. The molecule has 0 radical (unpaired) electrons. The smallest absolute Gasteiger partial charge is 0.246 e. The van der Waals surface area contributed by atoms with Crippen molar-refractivity contribution < 1.29 is 19.0 Å². The first-order valence-electron chi connectivity index (χ1n) is 14.6. The second kappa shape index (κ2) is 14.3. The number of carbonyl (C=O) groups is 1. The normalized spacial score (nSPS) is 16.9. The minimum absolute atomic E-state index is 0.0536. The van der Waals surface area contributed by atoms with Gasteiger partial charge in [0.2, 0.25) is 5.91 Å². The van der Waals surface area contributed by atoms with Crippen molar-refractivity contribution >= 4 is 22.7 Å². The number of likely N-dealkylation sites (N-methyl/N-ethyl adjacent to an activating group) is 1. The van der Waals surface area contributed by atoms with Gasteiger partial charge in [-0.3, -0.25) is 4.79 Å². The maximum Gasteiger partial charge on any atom is 0.246 e. The molecule has 1 aliphatic heterocycles. The molecule has 2 aliphatic rings. The fourth-order valence-corrected chi connectivity index (χ4v) is 5.33. The molecule has 4 N–H and O–H groups in total. The number of aliphatic hydroxyl groups is 1. The van der Waals surface area contributed by atoms with Crippen LogP contribution in [0.25, 0.3) is 11.1 Å². The molecule has 1 amide bonds. The minimum atomic E-state index is -1.25. The number of ether oxygens (including phenoxy) is 1. The largest absolute Gasteiger partial charge is 0.492 e. The molecule has 0 saturated heterocycles. The minimum Gasteiger partial charge on any atom is -0.492 e. The molecule has 1 unspecified atom stereocenters. The molecule has 1 aliphatic carbocycles. The van der Waals surface area contributed by atoms with Crippen LogP contribution in [-0.2, 0) is 4.79 Å². The lowest BCUT2D eigenvalue weighted by Gasteiger charge is -2.31. The summed E-state index contributed by atoms with van der Waals surface area (Å²) in [6.07, 6.45) is 5.52. The zero-order chi connectivity index (χ0) is 29.3. The number of rotatable bonds is 13. The van der Waals surface area contributed by atoms with Gasteiger partial charge in [-0.2, -0.15) is 0 Å². The first-order chi connectivity index (χ1) is 20.5. The van der Waals surface area contributed by atoms with Crippen molar-refractivity contribution in [3.63, 3.8) is 0 Å². The third kappa shape index (κ3) is 7.07. The van der Waals surface area contributed by atoms with E-state index in [2.05, 4.69) is 58.6 Å². The number of halogens is 1. The first kappa shape index (κ1) is 29.5. The number of anilines is 1. The second-order valence-electron chi connectivity index (χ2n) is 10.7. The second-order valence-corrected chi connectivity index (χ2v) is 10.7. The molecule has 220 valence electrons. The van der Waals surface area contributed by atoms with Gasteiger partial charge in [0.05, 0.1) is 12.3 Å². The van der Waals surface area contributed by atoms with Gasteiger partial charge < -0.3 is 25.5 Å². The number of hydrazine groups is 1. The highest BCUT2D eigenvalue weighted by atomic mass is 19.1. The molecule has 0 spiro atoms. The van der Waals surface area contributed by atoms with Crippen LogP contribution in [0.1, 0.15) is 47.8 Å². The van der Waals surface area contributed by atoms with E-state index >= 15 is 0 Å². The average molecular weight is 571 g/mol. The summed E-state index contributed by atoms with van der Waals surface area (Å²) in [5.41, 5.74) is 12.7. The summed E-state index contributed by atoms with van der Waals surface area (Å²) in [7, 11) is 1.66. The molecule has 1 saturated carbocycles. The van der Waals surface area contributed by atoms with Crippen molar-refractivity contribution in [1.82, 2.24) is 15.6 Å². The van der Waals surface area contributed by atoms with E-state index in [0.29, 0.717) is 37.7 Å². The SMILES string of the molecule is CN(CCO)C(=O)/C=C/CNCCOc1ccc(/C(=C(\c2ccccc2)C2CCC2)c2ccc3c(c2)C(F)NN3)cc1. The lowest BCUT2D eigenvalue weighted by molar-refractivity contribution is -0.125. The van der Waals surface area contributed by atoms with Gasteiger partial charge in [-0.15, -0.1) is 0 Å². The number of amides is 1. The molecule has 3 aromatic carbocycles. The van der Waals surface area contributed by atoms with Gasteiger partial charge in [-0.25, -0.2) is 9.82 Å². The zero-order valence-electron chi connectivity index (χ0n) is 24.0. The summed E-state index contributed by atoms with van der Waals surface area (Å²) >= 11 is 0. The molecule has 1 atom stereocenters.